The zero-order valence-electron chi connectivity index (χ0n) is 40.3. The van der Waals surface area contributed by atoms with Gasteiger partial charge in [0.15, 0.2) is 0 Å². The van der Waals surface area contributed by atoms with E-state index >= 15 is 0 Å². The van der Waals surface area contributed by atoms with Crippen LogP contribution in [0.25, 0.3) is 72.4 Å². The summed E-state index contributed by atoms with van der Waals surface area (Å²) in [5, 5.41) is 3.54. The van der Waals surface area contributed by atoms with Gasteiger partial charge in [0.05, 0.1) is 36.2 Å². The van der Waals surface area contributed by atoms with Gasteiger partial charge in [0.1, 0.15) is 5.58 Å². The number of hydrogen-bond donors (Lipinski definition) is 0. The molecule has 9 rings (SSSR count). The van der Waals surface area contributed by atoms with Gasteiger partial charge in [0, 0.05) is 47.7 Å². The van der Waals surface area contributed by atoms with Crippen molar-refractivity contribution >= 4 is 46.2 Å². The predicted octanol–water partition coefficient (Wildman–Crippen LogP) is 14.5. The number of nitrogens with zero attached hydrogens (tertiary/aromatic N) is 4. The van der Waals surface area contributed by atoms with Gasteiger partial charge in [0.2, 0.25) is 0 Å². The molecule has 7 heteroatoms. The van der Waals surface area contributed by atoms with Crippen LogP contribution in [0.3, 0.4) is 0 Å². The van der Waals surface area contributed by atoms with Crippen molar-refractivity contribution in [3.05, 3.63) is 162 Å². The fourth-order valence-electron chi connectivity index (χ4n) is 8.31. The maximum atomic E-state index is 7.44. The third-order valence-corrected chi connectivity index (χ3v) is 13.6. The molecular weight excluding hydrogens is 953 g/mol. The van der Waals surface area contributed by atoms with E-state index in [2.05, 4.69) is 161 Å². The van der Waals surface area contributed by atoms with Crippen LogP contribution in [-0.4, -0.2) is 27.6 Å². The van der Waals surface area contributed by atoms with Gasteiger partial charge in [-0.3, -0.25) is 9.97 Å². The van der Waals surface area contributed by atoms with Crippen molar-refractivity contribution in [2.24, 2.45) is 0 Å². The summed E-state index contributed by atoms with van der Waals surface area (Å²) in [4.78, 5) is 14.5. The molecule has 0 N–H and O–H groups in total. The summed E-state index contributed by atoms with van der Waals surface area (Å²) in [5.41, 5.74) is 14.9. The van der Waals surface area contributed by atoms with Crippen molar-refractivity contribution in [2.75, 3.05) is 0 Å². The molecule has 0 spiro atoms. The van der Waals surface area contributed by atoms with Gasteiger partial charge >= 0.3 is 0 Å². The monoisotopic (exact) mass is 1010 g/mol. The molecule has 0 atom stereocenters. The van der Waals surface area contributed by atoms with Crippen molar-refractivity contribution in [2.45, 2.75) is 92.7 Å². The van der Waals surface area contributed by atoms with Gasteiger partial charge in [-0.1, -0.05) is 139 Å². The number of furan rings is 1. The molecule has 9 aromatic rings. The number of hydrogen-bond acceptors (Lipinski definition) is 4. The van der Waals surface area contributed by atoms with Crippen LogP contribution < -0.4 is 5.19 Å². The quantitative estimate of drug-likeness (QED) is 0.112. The van der Waals surface area contributed by atoms with Crippen LogP contribution in [0.15, 0.2) is 126 Å². The zero-order valence-corrected chi connectivity index (χ0v) is 40.7. The molecule has 0 fully saturated rings. The van der Waals surface area contributed by atoms with Crippen LogP contribution in [0.4, 0.5) is 0 Å². The van der Waals surface area contributed by atoms with Crippen LogP contribution in [0.5, 0.6) is 0 Å². The average Bonchev–Trinajstić information content (AvgIpc) is 3.85. The van der Waals surface area contributed by atoms with Gasteiger partial charge in [-0.15, -0.1) is 53.6 Å². The van der Waals surface area contributed by atoms with Gasteiger partial charge in [-0.05, 0) is 82.1 Å². The molecule has 4 heterocycles. The van der Waals surface area contributed by atoms with Crippen molar-refractivity contribution in [1.82, 2.24) is 19.5 Å². The first-order valence-electron chi connectivity index (χ1n) is 22.8. The van der Waals surface area contributed by atoms with Gasteiger partial charge in [-0.2, -0.15) is 0 Å². The topological polar surface area (TPSA) is 56.7 Å². The second kappa shape index (κ2) is 18.1. The Balaban J connectivity index is 0.000000225. The number of aromatic nitrogens is 4. The van der Waals surface area contributed by atoms with E-state index in [4.69, 9.17) is 13.5 Å². The Morgan fingerprint density at radius 3 is 2.06 bits per heavy atom. The van der Waals surface area contributed by atoms with Crippen molar-refractivity contribution in [3.63, 3.8) is 0 Å². The van der Waals surface area contributed by atoms with Crippen LogP contribution in [0.2, 0.25) is 19.6 Å². The molecule has 62 heavy (non-hydrogen) atoms. The number of para-hydroxylation sites is 1. The number of imidazole rings is 1. The molecule has 0 saturated heterocycles. The maximum Gasteiger partial charge on any atom is 0.120 e. The van der Waals surface area contributed by atoms with E-state index in [1.54, 1.807) is 18.2 Å². The Morgan fingerprint density at radius 1 is 0.726 bits per heavy atom. The number of fused-ring (bicyclic) bond motifs is 4. The summed E-state index contributed by atoms with van der Waals surface area (Å²) in [6.45, 7) is 20.4. The number of aryl methyl sites for hydroxylation is 2. The summed E-state index contributed by atoms with van der Waals surface area (Å²) in [6.07, 6.45) is 3.88. The minimum Gasteiger partial charge on any atom is -0.501 e. The van der Waals surface area contributed by atoms with E-state index in [0.29, 0.717) is 11.5 Å². The molecule has 0 amide bonds. The number of benzene rings is 5. The van der Waals surface area contributed by atoms with Gasteiger partial charge < -0.3 is 14.0 Å². The molecule has 0 aliphatic carbocycles. The molecule has 4 aromatic heterocycles. The molecular formula is C55H56IrN4OSi-2. The Morgan fingerprint density at radius 2 is 1.42 bits per heavy atom. The SMILES string of the molecule is Cc1nccc2c1nc(-c1[c-]ccc3c1oc1ccccc13)n2-c1c(C(C)C)cc(-c2ccccc2)cc1C(C)C.[2H]C([2H])([2H])c1c[c-]c(-c2cc(C(C)C)c([Si](C)(C)C)cn2)cc1.[Ir]. The van der Waals surface area contributed by atoms with Crippen molar-refractivity contribution in [3.8, 4) is 39.5 Å². The van der Waals surface area contributed by atoms with Gasteiger partial charge in [-0.25, -0.2) is 0 Å². The minimum absolute atomic E-state index is 0. The Labute approximate surface area is 386 Å². The molecule has 317 valence electrons. The molecule has 1 radical (unpaired) electrons. The molecule has 0 bridgehead atoms. The second-order valence-electron chi connectivity index (χ2n) is 18.0. The molecule has 0 aliphatic heterocycles. The zero-order chi connectivity index (χ0) is 45.7. The first-order valence-corrected chi connectivity index (χ1v) is 24.8. The van der Waals surface area contributed by atoms with Crippen molar-refractivity contribution < 1.29 is 28.6 Å². The second-order valence-corrected chi connectivity index (χ2v) is 23.0. The molecule has 0 aliphatic rings. The van der Waals surface area contributed by atoms with Crippen LogP contribution in [-0.2, 0) is 20.1 Å². The average molecular weight is 1010 g/mol. The molecule has 0 saturated carbocycles. The third-order valence-electron chi connectivity index (χ3n) is 11.5. The molecule has 0 unspecified atom stereocenters. The Hall–Kier alpha value is -5.46. The summed E-state index contributed by atoms with van der Waals surface area (Å²) in [6, 6.07) is 43.4. The van der Waals surface area contributed by atoms with Gasteiger partial charge in [0.25, 0.3) is 0 Å². The van der Waals surface area contributed by atoms with Crippen molar-refractivity contribution in [1.29, 1.82) is 0 Å². The maximum absolute atomic E-state index is 7.44. The normalized spacial score (nSPS) is 12.7. The largest absolute Gasteiger partial charge is 0.501 e. The Kier molecular flexibility index (Phi) is 11.9. The first-order chi connectivity index (χ1) is 30.4. The van der Waals surface area contributed by atoms with E-state index in [9.17, 15) is 0 Å². The number of rotatable bonds is 8. The Bertz CT molecular complexity index is 3100. The smallest absolute Gasteiger partial charge is 0.120 e. The molecule has 5 nitrogen and oxygen atoms in total. The predicted molar refractivity (Wildman–Crippen MR) is 259 cm³/mol. The first kappa shape index (κ1) is 40.6. The fraction of sp³-hybridized carbons (Fsp3) is 0.255. The summed E-state index contributed by atoms with van der Waals surface area (Å²) in [5.74, 6) is 1.81. The molecule has 5 aromatic carbocycles. The summed E-state index contributed by atoms with van der Waals surface area (Å²) < 4.78 is 31.1. The van der Waals surface area contributed by atoms with Crippen LogP contribution >= 0.6 is 0 Å². The standard InChI is InChI=1S/C37H32N3O.C18H24NSi.Ir/c1-22(2)30-20-26(25-12-7-6-8-13-25)21-31(23(3)4)35(30)40-32-18-19-38-24(5)34(32)39-37(40)29-16-11-15-28-27-14-9-10-17-33(27)41-36(28)29;1-13(2)16-11-17(15-9-7-14(3)8-10-15)19-12-18(16)20(4,5)6;/h6-15,17-23H,1-5H3;7-9,11-13H,1-6H3;/q2*-1;/i;3D3;. The van der Waals surface area contributed by atoms with Crippen LogP contribution in [0, 0.1) is 25.9 Å². The van der Waals surface area contributed by atoms with E-state index in [0.717, 1.165) is 61.3 Å². The van der Waals surface area contributed by atoms with E-state index in [-0.39, 0.29) is 31.9 Å². The number of pyridine rings is 2. The van der Waals surface area contributed by atoms with E-state index in [1.165, 1.54) is 38.7 Å². The minimum atomic E-state index is -2.09. The summed E-state index contributed by atoms with van der Waals surface area (Å²) >= 11 is 0. The third kappa shape index (κ3) is 8.64. The summed E-state index contributed by atoms with van der Waals surface area (Å²) in [7, 11) is -1.45. The van der Waals surface area contributed by atoms with Crippen LogP contribution in [0.1, 0.15) is 91.4 Å². The fourth-order valence-corrected chi connectivity index (χ4v) is 9.99. The van der Waals surface area contributed by atoms with E-state index < -0.39 is 14.9 Å². The van der Waals surface area contributed by atoms with E-state index in [1.807, 2.05) is 37.5 Å².